The third-order valence-corrected chi connectivity index (χ3v) is 3.04. The van der Waals surface area contributed by atoms with E-state index in [0.29, 0.717) is 12.3 Å². The van der Waals surface area contributed by atoms with Crippen molar-refractivity contribution in [1.29, 1.82) is 0 Å². The number of nitrogens with one attached hydrogen (secondary N) is 1. The second-order valence-corrected chi connectivity index (χ2v) is 4.63. The molecule has 0 unspecified atom stereocenters. The monoisotopic (exact) mass is 270 g/mol. The van der Waals surface area contributed by atoms with Gasteiger partial charge in [0.2, 0.25) is 0 Å². The van der Waals surface area contributed by atoms with E-state index in [-0.39, 0.29) is 12.5 Å². The molecule has 0 bridgehead atoms. The van der Waals surface area contributed by atoms with Crippen molar-refractivity contribution in [2.45, 2.75) is 20.4 Å². The van der Waals surface area contributed by atoms with Crippen molar-refractivity contribution in [2.24, 2.45) is 0 Å². The van der Waals surface area contributed by atoms with Crippen LogP contribution in [-0.2, 0) is 11.3 Å². The largest absolute Gasteiger partial charge is 0.484 e. The fourth-order valence-electron chi connectivity index (χ4n) is 1.70. The van der Waals surface area contributed by atoms with E-state index in [1.807, 2.05) is 50.2 Å². The van der Waals surface area contributed by atoms with Gasteiger partial charge in [-0.05, 0) is 49.2 Å². The molecule has 0 saturated carbocycles. The number of pyridine rings is 1. The lowest BCUT2D eigenvalue weighted by molar-refractivity contribution is -0.123. The molecule has 0 radical (unpaired) electrons. The standard InChI is InChI=1S/C16H18N2O2/c1-12-6-7-15(9-13(12)2)20-11-16(19)18-10-14-5-3-4-8-17-14/h3-9H,10-11H2,1-2H3,(H,18,19). The molecule has 0 saturated heterocycles. The van der Waals surface area contributed by atoms with E-state index in [0.717, 1.165) is 11.3 Å². The number of aryl methyl sites for hydroxylation is 2. The molecule has 4 heteroatoms. The maximum absolute atomic E-state index is 11.7. The van der Waals surface area contributed by atoms with Gasteiger partial charge in [-0.25, -0.2) is 0 Å². The number of carbonyl (C=O) groups excluding carboxylic acids is 1. The highest BCUT2D eigenvalue weighted by Crippen LogP contribution is 2.16. The van der Waals surface area contributed by atoms with Gasteiger partial charge < -0.3 is 10.1 Å². The van der Waals surface area contributed by atoms with Gasteiger partial charge >= 0.3 is 0 Å². The number of nitrogens with zero attached hydrogens (tertiary/aromatic N) is 1. The number of aromatic nitrogens is 1. The Morgan fingerprint density at radius 3 is 2.75 bits per heavy atom. The smallest absolute Gasteiger partial charge is 0.258 e. The average molecular weight is 270 g/mol. The van der Waals surface area contributed by atoms with Crippen LogP contribution in [0.4, 0.5) is 0 Å². The third kappa shape index (κ3) is 4.09. The van der Waals surface area contributed by atoms with E-state index in [1.165, 1.54) is 5.56 Å². The van der Waals surface area contributed by atoms with Crippen LogP contribution >= 0.6 is 0 Å². The summed E-state index contributed by atoms with van der Waals surface area (Å²) >= 11 is 0. The van der Waals surface area contributed by atoms with Crippen molar-refractivity contribution in [1.82, 2.24) is 10.3 Å². The van der Waals surface area contributed by atoms with Crippen LogP contribution in [0, 0.1) is 13.8 Å². The third-order valence-electron chi connectivity index (χ3n) is 3.04. The number of hydrogen-bond acceptors (Lipinski definition) is 3. The number of benzene rings is 1. The van der Waals surface area contributed by atoms with E-state index < -0.39 is 0 Å². The van der Waals surface area contributed by atoms with Gasteiger partial charge in [-0.3, -0.25) is 9.78 Å². The highest BCUT2D eigenvalue weighted by molar-refractivity contribution is 5.77. The molecule has 1 amide bonds. The molecule has 0 aliphatic rings. The predicted molar refractivity (Wildman–Crippen MR) is 77.5 cm³/mol. The second kappa shape index (κ2) is 6.70. The Hall–Kier alpha value is -2.36. The first kappa shape index (κ1) is 14.1. The number of rotatable bonds is 5. The first-order valence-electron chi connectivity index (χ1n) is 6.52. The molecule has 0 aliphatic heterocycles. The molecule has 1 aromatic carbocycles. The number of carbonyl (C=O) groups is 1. The van der Waals surface area contributed by atoms with Crippen LogP contribution in [0.3, 0.4) is 0 Å². The molecular weight excluding hydrogens is 252 g/mol. The Labute approximate surface area is 118 Å². The highest BCUT2D eigenvalue weighted by atomic mass is 16.5. The number of amides is 1. The quantitative estimate of drug-likeness (QED) is 0.907. The number of ether oxygens (including phenoxy) is 1. The lowest BCUT2D eigenvalue weighted by Crippen LogP contribution is -2.28. The van der Waals surface area contributed by atoms with Crippen LogP contribution < -0.4 is 10.1 Å². The van der Waals surface area contributed by atoms with Crippen LogP contribution in [0.1, 0.15) is 16.8 Å². The summed E-state index contributed by atoms with van der Waals surface area (Å²) in [5.41, 5.74) is 3.18. The maximum Gasteiger partial charge on any atom is 0.258 e. The van der Waals surface area contributed by atoms with E-state index >= 15 is 0 Å². The predicted octanol–water partition coefficient (Wildman–Crippen LogP) is 2.39. The van der Waals surface area contributed by atoms with E-state index in [4.69, 9.17) is 4.74 Å². The van der Waals surface area contributed by atoms with Crippen molar-refractivity contribution in [3.63, 3.8) is 0 Å². The Kier molecular flexibility index (Phi) is 4.71. The van der Waals surface area contributed by atoms with Crippen LogP contribution in [0.2, 0.25) is 0 Å². The zero-order chi connectivity index (χ0) is 14.4. The van der Waals surface area contributed by atoms with E-state index in [9.17, 15) is 4.79 Å². The zero-order valence-electron chi connectivity index (χ0n) is 11.7. The average Bonchev–Trinajstić information content (AvgIpc) is 2.47. The fourth-order valence-corrected chi connectivity index (χ4v) is 1.70. The van der Waals surface area contributed by atoms with Gasteiger partial charge in [0.25, 0.3) is 5.91 Å². The minimum atomic E-state index is -0.158. The summed E-state index contributed by atoms with van der Waals surface area (Å²) in [5.74, 6) is 0.551. The summed E-state index contributed by atoms with van der Waals surface area (Å²) in [6.07, 6.45) is 1.70. The number of hydrogen-bond donors (Lipinski definition) is 1. The Morgan fingerprint density at radius 1 is 1.20 bits per heavy atom. The van der Waals surface area contributed by atoms with Gasteiger partial charge in [-0.2, -0.15) is 0 Å². The minimum Gasteiger partial charge on any atom is -0.484 e. The Bertz CT molecular complexity index is 582. The summed E-state index contributed by atoms with van der Waals surface area (Å²) in [6.45, 7) is 4.48. The van der Waals surface area contributed by atoms with E-state index in [2.05, 4.69) is 10.3 Å². The molecule has 104 valence electrons. The Balaban J connectivity index is 1.79. The molecule has 2 aromatic rings. The molecule has 20 heavy (non-hydrogen) atoms. The molecule has 0 fully saturated rings. The maximum atomic E-state index is 11.7. The lowest BCUT2D eigenvalue weighted by atomic mass is 10.1. The van der Waals surface area contributed by atoms with Crippen molar-refractivity contribution in [2.75, 3.05) is 6.61 Å². The Morgan fingerprint density at radius 2 is 2.05 bits per heavy atom. The first-order valence-corrected chi connectivity index (χ1v) is 6.52. The van der Waals surface area contributed by atoms with Gasteiger partial charge in [-0.1, -0.05) is 12.1 Å². The van der Waals surface area contributed by atoms with Crippen molar-refractivity contribution in [3.8, 4) is 5.75 Å². The second-order valence-electron chi connectivity index (χ2n) is 4.63. The molecule has 1 heterocycles. The lowest BCUT2D eigenvalue weighted by Gasteiger charge is -2.08. The summed E-state index contributed by atoms with van der Waals surface area (Å²) in [5, 5.41) is 2.77. The highest BCUT2D eigenvalue weighted by Gasteiger charge is 2.04. The molecule has 4 nitrogen and oxygen atoms in total. The van der Waals surface area contributed by atoms with Gasteiger partial charge in [-0.15, -0.1) is 0 Å². The molecule has 0 spiro atoms. The fraction of sp³-hybridized carbons (Fsp3) is 0.250. The SMILES string of the molecule is Cc1ccc(OCC(=O)NCc2ccccn2)cc1C. The summed E-state index contributed by atoms with van der Waals surface area (Å²) in [4.78, 5) is 15.8. The normalized spacial score (nSPS) is 10.1. The summed E-state index contributed by atoms with van der Waals surface area (Å²) < 4.78 is 5.46. The van der Waals surface area contributed by atoms with Crippen LogP contribution in [0.25, 0.3) is 0 Å². The zero-order valence-corrected chi connectivity index (χ0v) is 11.7. The van der Waals surface area contributed by atoms with Gasteiger partial charge in [0, 0.05) is 6.20 Å². The molecule has 0 atom stereocenters. The molecule has 1 N–H and O–H groups in total. The minimum absolute atomic E-state index is 0.00926. The van der Waals surface area contributed by atoms with Gasteiger partial charge in [0.15, 0.2) is 6.61 Å². The summed E-state index contributed by atoms with van der Waals surface area (Å²) in [7, 11) is 0. The first-order chi connectivity index (χ1) is 9.65. The van der Waals surface area contributed by atoms with Gasteiger partial charge in [0.05, 0.1) is 12.2 Å². The van der Waals surface area contributed by atoms with Crippen molar-refractivity contribution < 1.29 is 9.53 Å². The topological polar surface area (TPSA) is 51.2 Å². The van der Waals surface area contributed by atoms with Crippen LogP contribution in [0.5, 0.6) is 5.75 Å². The molecule has 0 aliphatic carbocycles. The van der Waals surface area contributed by atoms with Gasteiger partial charge in [0.1, 0.15) is 5.75 Å². The molecule has 1 aromatic heterocycles. The van der Waals surface area contributed by atoms with Crippen molar-refractivity contribution >= 4 is 5.91 Å². The van der Waals surface area contributed by atoms with Crippen LogP contribution in [0.15, 0.2) is 42.6 Å². The van der Waals surface area contributed by atoms with Crippen LogP contribution in [-0.4, -0.2) is 17.5 Å². The van der Waals surface area contributed by atoms with Crippen molar-refractivity contribution in [3.05, 3.63) is 59.4 Å². The van der Waals surface area contributed by atoms with E-state index in [1.54, 1.807) is 6.20 Å². The molecule has 2 rings (SSSR count). The molecular formula is C16H18N2O2. The summed E-state index contributed by atoms with van der Waals surface area (Å²) in [6, 6.07) is 11.4.